The van der Waals surface area contributed by atoms with Crippen molar-refractivity contribution in [3.8, 4) is 16.8 Å². The Morgan fingerprint density at radius 1 is 1.10 bits per heavy atom. The van der Waals surface area contributed by atoms with Crippen LogP contribution in [-0.2, 0) is 0 Å². The SMILES string of the molecule is CC(=O)c1ccc(-n2cc(-c3ccccc3)cn2)cc1N. The number of nitrogen functional groups attached to an aromatic ring is 1. The lowest BCUT2D eigenvalue weighted by Gasteiger charge is -2.06. The molecular formula is C17H15N3O. The Labute approximate surface area is 122 Å². The van der Waals surface area contributed by atoms with Gasteiger partial charge >= 0.3 is 0 Å². The highest BCUT2D eigenvalue weighted by atomic mass is 16.1. The molecule has 21 heavy (non-hydrogen) atoms. The van der Waals surface area contributed by atoms with Crippen molar-refractivity contribution in [2.24, 2.45) is 0 Å². The fraction of sp³-hybridized carbons (Fsp3) is 0.0588. The Bertz CT molecular complexity index is 791. The maximum Gasteiger partial charge on any atom is 0.161 e. The van der Waals surface area contributed by atoms with E-state index in [0.29, 0.717) is 11.3 Å². The van der Waals surface area contributed by atoms with E-state index in [2.05, 4.69) is 5.10 Å². The molecule has 0 bridgehead atoms. The molecule has 0 amide bonds. The Hall–Kier alpha value is -2.88. The van der Waals surface area contributed by atoms with Crippen LogP contribution in [0.4, 0.5) is 5.69 Å². The zero-order chi connectivity index (χ0) is 14.8. The van der Waals surface area contributed by atoms with Crippen molar-refractivity contribution in [2.45, 2.75) is 6.92 Å². The van der Waals surface area contributed by atoms with Crippen molar-refractivity contribution in [1.82, 2.24) is 9.78 Å². The van der Waals surface area contributed by atoms with Crippen molar-refractivity contribution in [1.29, 1.82) is 0 Å². The predicted octanol–water partition coefficient (Wildman–Crippen LogP) is 3.32. The standard InChI is InChI=1S/C17H15N3O/c1-12(21)16-8-7-15(9-17(16)18)20-11-14(10-19-20)13-5-3-2-4-6-13/h2-11H,18H2,1H3. The third-order valence-corrected chi connectivity index (χ3v) is 3.37. The summed E-state index contributed by atoms with van der Waals surface area (Å²) < 4.78 is 1.75. The van der Waals surface area contributed by atoms with E-state index in [1.54, 1.807) is 16.8 Å². The first kappa shape index (κ1) is 13.1. The number of hydrogen-bond acceptors (Lipinski definition) is 3. The first-order chi connectivity index (χ1) is 10.1. The third-order valence-electron chi connectivity index (χ3n) is 3.37. The minimum atomic E-state index is -0.0375. The molecule has 2 N–H and O–H groups in total. The van der Waals surface area contributed by atoms with Crippen LogP contribution in [0.3, 0.4) is 0 Å². The molecule has 0 unspecified atom stereocenters. The number of benzene rings is 2. The molecule has 0 radical (unpaired) electrons. The van der Waals surface area contributed by atoms with Gasteiger partial charge in [-0.1, -0.05) is 30.3 Å². The molecule has 0 spiro atoms. The molecule has 104 valence electrons. The van der Waals surface area contributed by atoms with Gasteiger partial charge in [0.05, 0.1) is 11.9 Å². The minimum absolute atomic E-state index is 0.0375. The van der Waals surface area contributed by atoms with Crippen LogP contribution in [0.2, 0.25) is 0 Å². The number of anilines is 1. The molecule has 0 saturated carbocycles. The van der Waals surface area contributed by atoms with Gasteiger partial charge in [0.1, 0.15) is 0 Å². The van der Waals surface area contributed by atoms with Crippen LogP contribution in [0.5, 0.6) is 0 Å². The monoisotopic (exact) mass is 277 g/mol. The maximum absolute atomic E-state index is 11.4. The summed E-state index contributed by atoms with van der Waals surface area (Å²) >= 11 is 0. The van der Waals surface area contributed by atoms with Crippen molar-refractivity contribution in [2.75, 3.05) is 5.73 Å². The van der Waals surface area contributed by atoms with E-state index >= 15 is 0 Å². The molecule has 0 aliphatic heterocycles. The van der Waals surface area contributed by atoms with Gasteiger partial charge in [-0.3, -0.25) is 4.79 Å². The summed E-state index contributed by atoms with van der Waals surface area (Å²) in [4.78, 5) is 11.4. The first-order valence-electron chi connectivity index (χ1n) is 6.66. The van der Waals surface area contributed by atoms with Gasteiger partial charge in [-0.2, -0.15) is 5.10 Å². The third kappa shape index (κ3) is 2.56. The van der Waals surface area contributed by atoms with Crippen molar-refractivity contribution >= 4 is 11.5 Å². The van der Waals surface area contributed by atoms with Crippen molar-refractivity contribution in [3.63, 3.8) is 0 Å². The van der Waals surface area contributed by atoms with Crippen LogP contribution < -0.4 is 5.73 Å². The van der Waals surface area contributed by atoms with E-state index in [-0.39, 0.29) is 5.78 Å². The Balaban J connectivity index is 1.97. The lowest BCUT2D eigenvalue weighted by atomic mass is 10.1. The van der Waals surface area contributed by atoms with E-state index < -0.39 is 0 Å². The quantitative estimate of drug-likeness (QED) is 0.590. The Morgan fingerprint density at radius 2 is 1.86 bits per heavy atom. The first-order valence-corrected chi connectivity index (χ1v) is 6.66. The molecule has 0 atom stereocenters. The zero-order valence-corrected chi connectivity index (χ0v) is 11.7. The predicted molar refractivity (Wildman–Crippen MR) is 83.4 cm³/mol. The summed E-state index contributed by atoms with van der Waals surface area (Å²) in [6.07, 6.45) is 3.75. The lowest BCUT2D eigenvalue weighted by Crippen LogP contribution is -2.02. The number of carbonyl (C=O) groups excluding carboxylic acids is 1. The molecule has 0 aliphatic carbocycles. The van der Waals surface area contributed by atoms with E-state index in [4.69, 9.17) is 5.73 Å². The fourth-order valence-corrected chi connectivity index (χ4v) is 2.26. The molecule has 4 heteroatoms. The molecule has 0 saturated heterocycles. The number of ketones is 1. The molecule has 2 aromatic carbocycles. The van der Waals surface area contributed by atoms with Crippen LogP contribution >= 0.6 is 0 Å². The average Bonchev–Trinajstić information content (AvgIpc) is 2.97. The number of carbonyl (C=O) groups is 1. The van der Waals surface area contributed by atoms with E-state index in [0.717, 1.165) is 16.8 Å². The van der Waals surface area contributed by atoms with E-state index in [1.807, 2.05) is 48.8 Å². The summed E-state index contributed by atoms with van der Waals surface area (Å²) in [5.74, 6) is -0.0375. The Kier molecular flexibility index (Phi) is 3.28. The van der Waals surface area contributed by atoms with Crippen LogP contribution in [0.1, 0.15) is 17.3 Å². The summed E-state index contributed by atoms with van der Waals surface area (Å²) in [6, 6.07) is 15.4. The number of nitrogens with two attached hydrogens (primary N) is 1. The van der Waals surface area contributed by atoms with Gasteiger partial charge in [0.2, 0.25) is 0 Å². The van der Waals surface area contributed by atoms with Gasteiger partial charge in [0, 0.05) is 23.0 Å². The molecule has 4 nitrogen and oxygen atoms in total. The second-order valence-corrected chi connectivity index (χ2v) is 4.87. The maximum atomic E-state index is 11.4. The van der Waals surface area contributed by atoms with Crippen molar-refractivity contribution < 1.29 is 4.79 Å². The average molecular weight is 277 g/mol. The number of hydrogen-bond donors (Lipinski definition) is 1. The summed E-state index contributed by atoms with van der Waals surface area (Å²) in [5, 5.41) is 4.35. The van der Waals surface area contributed by atoms with Crippen LogP contribution in [-0.4, -0.2) is 15.6 Å². The largest absolute Gasteiger partial charge is 0.398 e. The second kappa shape index (κ2) is 5.25. The molecule has 3 aromatic rings. The topological polar surface area (TPSA) is 60.9 Å². The van der Waals surface area contributed by atoms with Gasteiger partial charge in [-0.25, -0.2) is 4.68 Å². The summed E-state index contributed by atoms with van der Waals surface area (Å²) in [7, 11) is 0. The van der Waals surface area contributed by atoms with Crippen LogP contribution in [0.15, 0.2) is 60.9 Å². The smallest absolute Gasteiger partial charge is 0.161 e. The van der Waals surface area contributed by atoms with Crippen LogP contribution in [0.25, 0.3) is 16.8 Å². The highest BCUT2D eigenvalue weighted by Crippen LogP contribution is 2.22. The molecule has 1 aromatic heterocycles. The van der Waals surface area contributed by atoms with Gasteiger partial charge < -0.3 is 5.73 Å². The van der Waals surface area contributed by atoms with Gasteiger partial charge in [0.15, 0.2) is 5.78 Å². The van der Waals surface area contributed by atoms with Gasteiger partial charge in [-0.15, -0.1) is 0 Å². The molecule has 3 rings (SSSR count). The van der Waals surface area contributed by atoms with E-state index in [9.17, 15) is 4.79 Å². The molecule has 1 heterocycles. The highest BCUT2D eigenvalue weighted by molar-refractivity contribution is 5.99. The summed E-state index contributed by atoms with van der Waals surface area (Å²) in [5.41, 5.74) is 9.89. The number of nitrogens with zero attached hydrogens (tertiary/aromatic N) is 2. The molecule has 0 fully saturated rings. The molecular weight excluding hydrogens is 262 g/mol. The summed E-state index contributed by atoms with van der Waals surface area (Å²) in [6.45, 7) is 1.51. The molecule has 0 aliphatic rings. The fourth-order valence-electron chi connectivity index (χ4n) is 2.26. The van der Waals surface area contributed by atoms with Crippen LogP contribution in [0, 0.1) is 0 Å². The lowest BCUT2D eigenvalue weighted by molar-refractivity contribution is 0.101. The van der Waals surface area contributed by atoms with E-state index in [1.165, 1.54) is 6.92 Å². The number of rotatable bonds is 3. The Morgan fingerprint density at radius 3 is 2.52 bits per heavy atom. The van der Waals surface area contributed by atoms with Gasteiger partial charge in [-0.05, 0) is 30.7 Å². The highest BCUT2D eigenvalue weighted by Gasteiger charge is 2.08. The van der Waals surface area contributed by atoms with Crippen molar-refractivity contribution in [3.05, 3.63) is 66.5 Å². The normalized spacial score (nSPS) is 10.5. The minimum Gasteiger partial charge on any atom is -0.398 e. The number of aromatic nitrogens is 2. The zero-order valence-electron chi connectivity index (χ0n) is 11.7. The van der Waals surface area contributed by atoms with Gasteiger partial charge in [0.25, 0.3) is 0 Å². The number of Topliss-reactive ketones (excluding diaryl/α,β-unsaturated/α-hetero) is 1. The second-order valence-electron chi connectivity index (χ2n) is 4.87.